The van der Waals surface area contributed by atoms with Crippen molar-refractivity contribution in [3.05, 3.63) is 28.2 Å². The van der Waals surface area contributed by atoms with Gasteiger partial charge in [0.05, 0.1) is 6.54 Å². The topological polar surface area (TPSA) is 36.4 Å². The summed E-state index contributed by atoms with van der Waals surface area (Å²) >= 11 is 0.894. The molecule has 0 fully saturated rings. The lowest BCUT2D eigenvalue weighted by Gasteiger charge is -2.13. The number of hydrogen-bond acceptors (Lipinski definition) is 4. The lowest BCUT2D eigenvalue weighted by atomic mass is 10.4. The van der Waals surface area contributed by atoms with Crippen molar-refractivity contribution in [1.29, 1.82) is 0 Å². The molecule has 1 aromatic heterocycles. The summed E-state index contributed by atoms with van der Waals surface area (Å²) in [7, 11) is 5.26. The standard InChI is InChI=1S/C12H16F3N3OS/c1-17(2)6-4-5-11(19)18(3)7-10-16-9(8-20-10)12(13,14)15/h4-5,8H,6-7H2,1-3H3/b5-4+. The van der Waals surface area contributed by atoms with E-state index < -0.39 is 11.9 Å². The van der Waals surface area contributed by atoms with Crippen molar-refractivity contribution < 1.29 is 18.0 Å². The third kappa shape index (κ3) is 5.30. The fraction of sp³-hybridized carbons (Fsp3) is 0.500. The maximum atomic E-state index is 12.4. The van der Waals surface area contributed by atoms with Gasteiger partial charge in [-0.3, -0.25) is 4.79 Å². The summed E-state index contributed by atoms with van der Waals surface area (Å²) in [6.07, 6.45) is -1.34. The smallest absolute Gasteiger partial charge is 0.335 e. The van der Waals surface area contributed by atoms with E-state index in [9.17, 15) is 18.0 Å². The fourth-order valence-electron chi connectivity index (χ4n) is 1.29. The normalized spacial score (nSPS) is 12.3. The van der Waals surface area contributed by atoms with Crippen LogP contribution in [0.5, 0.6) is 0 Å². The van der Waals surface area contributed by atoms with Crippen molar-refractivity contribution >= 4 is 17.2 Å². The number of likely N-dealkylation sites (N-methyl/N-ethyl adjacent to an activating group) is 2. The first-order valence-electron chi connectivity index (χ1n) is 5.78. The van der Waals surface area contributed by atoms with Gasteiger partial charge in [0.15, 0.2) is 5.69 Å². The van der Waals surface area contributed by atoms with Crippen LogP contribution < -0.4 is 0 Å². The van der Waals surface area contributed by atoms with Gasteiger partial charge in [0.2, 0.25) is 5.91 Å². The molecule has 0 N–H and O–H groups in total. The van der Waals surface area contributed by atoms with Gasteiger partial charge < -0.3 is 9.80 Å². The molecule has 0 saturated heterocycles. The highest BCUT2D eigenvalue weighted by Gasteiger charge is 2.33. The molecule has 0 bridgehead atoms. The zero-order valence-electron chi connectivity index (χ0n) is 11.4. The average molecular weight is 307 g/mol. The predicted octanol–water partition coefficient (Wildman–Crippen LogP) is 2.24. The number of hydrogen-bond donors (Lipinski definition) is 0. The van der Waals surface area contributed by atoms with Crippen LogP contribution in [0.2, 0.25) is 0 Å². The van der Waals surface area contributed by atoms with E-state index in [4.69, 9.17) is 0 Å². The Hall–Kier alpha value is -1.41. The van der Waals surface area contributed by atoms with E-state index in [-0.39, 0.29) is 17.5 Å². The monoisotopic (exact) mass is 307 g/mol. The lowest BCUT2D eigenvalue weighted by molar-refractivity contribution is -0.140. The molecule has 112 valence electrons. The van der Waals surface area contributed by atoms with Crippen LogP contribution in [0.25, 0.3) is 0 Å². The minimum atomic E-state index is -4.44. The van der Waals surface area contributed by atoms with Crippen LogP contribution in [-0.4, -0.2) is 48.4 Å². The van der Waals surface area contributed by atoms with Crippen molar-refractivity contribution in [3.63, 3.8) is 0 Å². The molecule has 0 radical (unpaired) electrons. The van der Waals surface area contributed by atoms with E-state index in [0.29, 0.717) is 6.54 Å². The molecule has 4 nitrogen and oxygen atoms in total. The Morgan fingerprint density at radius 3 is 2.55 bits per heavy atom. The van der Waals surface area contributed by atoms with E-state index >= 15 is 0 Å². The summed E-state index contributed by atoms with van der Waals surface area (Å²) in [5, 5.41) is 1.21. The zero-order valence-corrected chi connectivity index (χ0v) is 12.3. The van der Waals surface area contributed by atoms with Crippen LogP contribution in [0.4, 0.5) is 13.2 Å². The Labute approximate surface area is 119 Å². The third-order valence-electron chi connectivity index (χ3n) is 2.32. The number of thiazole rings is 1. The van der Waals surface area contributed by atoms with Gasteiger partial charge in [-0.1, -0.05) is 6.08 Å². The summed E-state index contributed by atoms with van der Waals surface area (Å²) in [4.78, 5) is 18.4. The molecule has 1 heterocycles. The molecule has 1 amide bonds. The first-order valence-corrected chi connectivity index (χ1v) is 6.66. The molecule has 0 unspecified atom stereocenters. The highest BCUT2D eigenvalue weighted by Crippen LogP contribution is 2.30. The third-order valence-corrected chi connectivity index (χ3v) is 3.16. The number of halogens is 3. The van der Waals surface area contributed by atoms with Crippen molar-refractivity contribution in [2.45, 2.75) is 12.7 Å². The van der Waals surface area contributed by atoms with E-state index in [1.165, 1.54) is 18.0 Å². The Kier molecular flexibility index (Phi) is 5.70. The maximum absolute atomic E-state index is 12.4. The van der Waals surface area contributed by atoms with Crippen LogP contribution in [-0.2, 0) is 17.5 Å². The van der Waals surface area contributed by atoms with Crippen molar-refractivity contribution in [1.82, 2.24) is 14.8 Å². The molecule has 0 aliphatic carbocycles. The van der Waals surface area contributed by atoms with Crippen LogP contribution in [0.1, 0.15) is 10.7 Å². The quantitative estimate of drug-likeness (QED) is 0.783. The minimum absolute atomic E-state index is 0.0614. The Morgan fingerprint density at radius 1 is 1.40 bits per heavy atom. The number of rotatable bonds is 5. The number of aromatic nitrogens is 1. The molecule has 1 rings (SSSR count). The van der Waals surface area contributed by atoms with Crippen LogP contribution >= 0.6 is 11.3 Å². The molecule has 0 saturated carbocycles. The average Bonchev–Trinajstić information content (AvgIpc) is 2.76. The highest BCUT2D eigenvalue weighted by molar-refractivity contribution is 7.09. The van der Waals surface area contributed by atoms with Gasteiger partial charge in [0.1, 0.15) is 5.01 Å². The number of amides is 1. The fourth-order valence-corrected chi connectivity index (χ4v) is 2.14. The molecule has 8 heteroatoms. The van der Waals surface area contributed by atoms with E-state index in [1.807, 2.05) is 19.0 Å². The summed E-state index contributed by atoms with van der Waals surface area (Å²) in [5.41, 5.74) is -0.915. The second kappa shape index (κ2) is 6.85. The minimum Gasteiger partial charge on any atom is -0.335 e. The largest absolute Gasteiger partial charge is 0.434 e. The van der Waals surface area contributed by atoms with Gasteiger partial charge >= 0.3 is 6.18 Å². The lowest BCUT2D eigenvalue weighted by Crippen LogP contribution is -2.24. The van der Waals surface area contributed by atoms with Crippen molar-refractivity contribution in [2.24, 2.45) is 0 Å². The SMILES string of the molecule is CN(C)C/C=C/C(=O)N(C)Cc1nc(C(F)(F)F)cs1. The van der Waals surface area contributed by atoms with E-state index in [0.717, 1.165) is 16.7 Å². The molecule has 0 aromatic carbocycles. The van der Waals surface area contributed by atoms with Crippen LogP contribution in [0, 0.1) is 0 Å². The molecule has 0 aliphatic heterocycles. The number of alkyl halides is 3. The molecule has 0 aliphatic rings. The van der Waals surface area contributed by atoms with Crippen LogP contribution in [0.3, 0.4) is 0 Å². The summed E-state index contributed by atoms with van der Waals surface area (Å²) in [5.74, 6) is -0.268. The molecule has 1 aromatic rings. The second-order valence-electron chi connectivity index (χ2n) is 4.48. The number of carbonyl (C=O) groups is 1. The molecule has 0 spiro atoms. The molecular formula is C12H16F3N3OS. The maximum Gasteiger partial charge on any atom is 0.434 e. The Bertz CT molecular complexity index is 483. The van der Waals surface area contributed by atoms with Gasteiger partial charge in [-0.15, -0.1) is 11.3 Å². The first-order chi connectivity index (χ1) is 9.20. The second-order valence-corrected chi connectivity index (χ2v) is 5.43. The predicted molar refractivity (Wildman–Crippen MR) is 71.3 cm³/mol. The first kappa shape index (κ1) is 16.6. The van der Waals surface area contributed by atoms with Gasteiger partial charge in [-0.2, -0.15) is 13.2 Å². The van der Waals surface area contributed by atoms with Crippen LogP contribution in [0.15, 0.2) is 17.5 Å². The Morgan fingerprint density at radius 2 is 2.05 bits per heavy atom. The van der Waals surface area contributed by atoms with E-state index in [2.05, 4.69) is 4.98 Å². The summed E-state index contributed by atoms with van der Waals surface area (Å²) in [6.45, 7) is 0.681. The zero-order chi connectivity index (χ0) is 15.3. The number of carbonyl (C=O) groups excluding carboxylic acids is 1. The van der Waals surface area contributed by atoms with Gasteiger partial charge in [-0.05, 0) is 14.1 Å². The van der Waals surface area contributed by atoms with Crippen molar-refractivity contribution in [2.75, 3.05) is 27.7 Å². The van der Waals surface area contributed by atoms with Gasteiger partial charge in [0, 0.05) is 25.0 Å². The van der Waals surface area contributed by atoms with Crippen molar-refractivity contribution in [3.8, 4) is 0 Å². The van der Waals surface area contributed by atoms with E-state index in [1.54, 1.807) is 6.08 Å². The summed E-state index contributed by atoms with van der Waals surface area (Å²) in [6, 6.07) is 0. The van der Waals surface area contributed by atoms with Gasteiger partial charge in [-0.25, -0.2) is 4.98 Å². The molecule has 0 atom stereocenters. The van der Waals surface area contributed by atoms with Gasteiger partial charge in [0.25, 0.3) is 0 Å². The number of nitrogens with zero attached hydrogens (tertiary/aromatic N) is 3. The highest BCUT2D eigenvalue weighted by atomic mass is 32.1. The molecule has 20 heavy (non-hydrogen) atoms. The Balaban J connectivity index is 2.57. The molecular weight excluding hydrogens is 291 g/mol. The summed E-state index contributed by atoms with van der Waals surface area (Å²) < 4.78 is 37.2.